The number of aromatic nitrogens is 2. The van der Waals surface area contributed by atoms with Crippen molar-refractivity contribution in [3.05, 3.63) is 18.0 Å². The van der Waals surface area contributed by atoms with E-state index in [-0.39, 0.29) is 5.75 Å². The van der Waals surface area contributed by atoms with Crippen molar-refractivity contribution in [2.75, 3.05) is 5.75 Å². The number of rotatable bonds is 5. The van der Waals surface area contributed by atoms with Gasteiger partial charge in [0.25, 0.3) is 0 Å². The highest BCUT2D eigenvalue weighted by Crippen LogP contribution is 2.11. The summed E-state index contributed by atoms with van der Waals surface area (Å²) in [5.74, 6) is 0.0854. The Kier molecular flexibility index (Phi) is 3.82. The molecule has 0 saturated heterocycles. The molecule has 0 aromatic carbocycles. The van der Waals surface area contributed by atoms with Gasteiger partial charge in [-0.15, -0.1) is 11.8 Å². The van der Waals surface area contributed by atoms with Crippen LogP contribution >= 0.6 is 11.8 Å². The van der Waals surface area contributed by atoms with E-state index in [4.69, 9.17) is 5.11 Å². The van der Waals surface area contributed by atoms with Crippen LogP contribution in [-0.4, -0.2) is 26.6 Å². The van der Waals surface area contributed by atoms with Gasteiger partial charge >= 0.3 is 5.97 Å². The Labute approximate surface area is 80.9 Å². The zero-order valence-corrected chi connectivity index (χ0v) is 8.25. The summed E-state index contributed by atoms with van der Waals surface area (Å²) >= 11 is 1.39. The minimum Gasteiger partial charge on any atom is -0.481 e. The van der Waals surface area contributed by atoms with Crippen LogP contribution < -0.4 is 0 Å². The number of carboxylic acid groups (broad SMARTS) is 1. The number of hydrogen-bond donors (Lipinski definition) is 1. The fourth-order valence-corrected chi connectivity index (χ4v) is 1.74. The molecule has 0 fully saturated rings. The highest BCUT2D eigenvalue weighted by atomic mass is 32.2. The Morgan fingerprint density at radius 3 is 3.15 bits per heavy atom. The number of aliphatic carboxylic acids is 1. The Hall–Kier alpha value is -0.970. The lowest BCUT2D eigenvalue weighted by Gasteiger charge is -2.02. The molecule has 0 bridgehead atoms. The second kappa shape index (κ2) is 4.91. The number of carbonyl (C=O) groups is 1. The third kappa shape index (κ3) is 3.10. The lowest BCUT2D eigenvalue weighted by Crippen LogP contribution is -2.03. The van der Waals surface area contributed by atoms with Crippen LogP contribution in [0.25, 0.3) is 0 Å². The monoisotopic (exact) mass is 200 g/mol. The Bertz CT molecular complexity index is 285. The van der Waals surface area contributed by atoms with Crippen molar-refractivity contribution in [3.8, 4) is 0 Å². The molecule has 1 aromatic heterocycles. The topological polar surface area (TPSA) is 55.1 Å². The first kappa shape index (κ1) is 10.1. The normalized spacial score (nSPS) is 10.2. The van der Waals surface area contributed by atoms with Gasteiger partial charge in [-0.2, -0.15) is 5.10 Å². The van der Waals surface area contributed by atoms with Crippen LogP contribution in [0.1, 0.15) is 12.6 Å². The van der Waals surface area contributed by atoms with Gasteiger partial charge in [-0.05, 0) is 13.0 Å². The molecule has 1 rings (SSSR count). The molecule has 0 aliphatic rings. The molecular weight excluding hydrogens is 188 g/mol. The van der Waals surface area contributed by atoms with Crippen LogP contribution in [0.4, 0.5) is 0 Å². The van der Waals surface area contributed by atoms with Crippen LogP contribution in [0.5, 0.6) is 0 Å². The van der Waals surface area contributed by atoms with E-state index >= 15 is 0 Å². The van der Waals surface area contributed by atoms with Gasteiger partial charge in [0.15, 0.2) is 0 Å². The Balaban J connectivity index is 2.40. The molecule has 72 valence electrons. The molecule has 5 heteroatoms. The van der Waals surface area contributed by atoms with E-state index in [2.05, 4.69) is 5.10 Å². The second-order valence-corrected chi connectivity index (χ2v) is 3.51. The minimum atomic E-state index is -0.771. The molecule has 4 nitrogen and oxygen atoms in total. The zero-order chi connectivity index (χ0) is 9.68. The van der Waals surface area contributed by atoms with Crippen molar-refractivity contribution < 1.29 is 9.90 Å². The van der Waals surface area contributed by atoms with Gasteiger partial charge in [0, 0.05) is 24.2 Å². The summed E-state index contributed by atoms with van der Waals surface area (Å²) in [4.78, 5) is 10.2. The summed E-state index contributed by atoms with van der Waals surface area (Å²) in [6, 6.07) is 1.92. The van der Waals surface area contributed by atoms with Crippen LogP contribution in [0.2, 0.25) is 0 Å². The van der Waals surface area contributed by atoms with Gasteiger partial charge < -0.3 is 5.11 Å². The average molecular weight is 200 g/mol. The quantitative estimate of drug-likeness (QED) is 0.776. The molecule has 1 heterocycles. The van der Waals surface area contributed by atoms with Crippen molar-refractivity contribution in [1.29, 1.82) is 0 Å². The third-order valence-corrected chi connectivity index (χ3v) is 2.53. The molecule has 0 amide bonds. The number of carboxylic acids is 1. The molecule has 0 saturated carbocycles. The average Bonchev–Trinajstić information content (AvgIpc) is 2.51. The van der Waals surface area contributed by atoms with E-state index in [1.807, 2.05) is 17.7 Å². The summed E-state index contributed by atoms with van der Waals surface area (Å²) in [5.41, 5.74) is 1.08. The van der Waals surface area contributed by atoms with E-state index in [0.29, 0.717) is 5.75 Å². The maximum atomic E-state index is 10.2. The molecule has 13 heavy (non-hydrogen) atoms. The van der Waals surface area contributed by atoms with Crippen LogP contribution in [0.15, 0.2) is 12.3 Å². The van der Waals surface area contributed by atoms with Gasteiger partial charge in [0.05, 0.1) is 5.75 Å². The summed E-state index contributed by atoms with van der Waals surface area (Å²) in [6.45, 7) is 2.84. The highest BCUT2D eigenvalue weighted by molar-refractivity contribution is 7.99. The minimum absolute atomic E-state index is 0.148. The smallest absolute Gasteiger partial charge is 0.313 e. The number of thioether (sulfide) groups is 1. The van der Waals surface area contributed by atoms with Crippen molar-refractivity contribution in [1.82, 2.24) is 9.78 Å². The maximum absolute atomic E-state index is 10.2. The third-order valence-electron chi connectivity index (χ3n) is 1.58. The number of nitrogens with zero attached hydrogens (tertiary/aromatic N) is 2. The molecule has 0 radical (unpaired) electrons. The van der Waals surface area contributed by atoms with Gasteiger partial charge in [0.1, 0.15) is 0 Å². The van der Waals surface area contributed by atoms with E-state index in [1.54, 1.807) is 6.20 Å². The summed E-state index contributed by atoms with van der Waals surface area (Å²) in [7, 11) is 0. The predicted octanol–water partition coefficient (Wildman–Crippen LogP) is 1.22. The summed E-state index contributed by atoms with van der Waals surface area (Å²) in [5, 5.41) is 12.5. The molecule has 1 aromatic rings. The first-order valence-corrected chi connectivity index (χ1v) is 5.19. The first-order chi connectivity index (χ1) is 6.24. The molecule has 0 atom stereocenters. The van der Waals surface area contributed by atoms with Crippen LogP contribution in [0.3, 0.4) is 0 Å². The van der Waals surface area contributed by atoms with Crippen molar-refractivity contribution in [2.24, 2.45) is 0 Å². The van der Waals surface area contributed by atoms with Gasteiger partial charge in [-0.1, -0.05) is 0 Å². The van der Waals surface area contributed by atoms with E-state index in [0.717, 1.165) is 12.2 Å². The second-order valence-electron chi connectivity index (χ2n) is 2.52. The fraction of sp³-hybridized carbons (Fsp3) is 0.500. The first-order valence-electron chi connectivity index (χ1n) is 4.04. The Morgan fingerprint density at radius 1 is 1.77 bits per heavy atom. The standard InChI is InChI=1S/C8H12N2O2S/c1-2-10-7(3-4-9-10)5-13-6-8(11)12/h3-4H,2,5-6H2,1H3,(H,11,12). The molecule has 0 aliphatic carbocycles. The summed E-state index contributed by atoms with van der Waals surface area (Å²) in [6.07, 6.45) is 1.74. The van der Waals surface area contributed by atoms with Crippen LogP contribution in [0, 0.1) is 0 Å². The maximum Gasteiger partial charge on any atom is 0.313 e. The van der Waals surface area contributed by atoms with E-state index < -0.39 is 5.97 Å². The zero-order valence-electron chi connectivity index (χ0n) is 7.43. The number of aryl methyl sites for hydroxylation is 1. The SMILES string of the molecule is CCn1nccc1CSCC(=O)O. The van der Waals surface area contributed by atoms with Crippen LogP contribution in [-0.2, 0) is 17.1 Å². The Morgan fingerprint density at radius 2 is 2.54 bits per heavy atom. The van der Waals surface area contributed by atoms with Gasteiger partial charge in [0.2, 0.25) is 0 Å². The van der Waals surface area contributed by atoms with Gasteiger partial charge in [-0.3, -0.25) is 9.48 Å². The van der Waals surface area contributed by atoms with Crippen molar-refractivity contribution in [2.45, 2.75) is 19.2 Å². The van der Waals surface area contributed by atoms with E-state index in [9.17, 15) is 4.79 Å². The van der Waals surface area contributed by atoms with Crippen molar-refractivity contribution in [3.63, 3.8) is 0 Å². The molecule has 0 spiro atoms. The highest BCUT2D eigenvalue weighted by Gasteiger charge is 2.02. The largest absolute Gasteiger partial charge is 0.481 e. The van der Waals surface area contributed by atoms with Crippen molar-refractivity contribution >= 4 is 17.7 Å². The molecular formula is C8H12N2O2S. The lowest BCUT2D eigenvalue weighted by atomic mass is 10.5. The predicted molar refractivity (Wildman–Crippen MR) is 51.7 cm³/mol. The molecule has 0 aliphatic heterocycles. The molecule has 1 N–H and O–H groups in total. The molecule has 0 unspecified atom stereocenters. The summed E-state index contributed by atoms with van der Waals surface area (Å²) < 4.78 is 1.87. The van der Waals surface area contributed by atoms with Gasteiger partial charge in [-0.25, -0.2) is 0 Å². The number of hydrogen-bond acceptors (Lipinski definition) is 3. The lowest BCUT2D eigenvalue weighted by molar-refractivity contribution is -0.133. The van der Waals surface area contributed by atoms with E-state index in [1.165, 1.54) is 11.8 Å². The fourth-order valence-electron chi connectivity index (χ4n) is 1.01.